The smallest absolute Gasteiger partial charge is 0.257 e. The lowest BCUT2D eigenvalue weighted by Crippen LogP contribution is -2.31. The minimum atomic E-state index is -1.16. The summed E-state index contributed by atoms with van der Waals surface area (Å²) in [5.41, 5.74) is 0.627. The van der Waals surface area contributed by atoms with Gasteiger partial charge in [0.2, 0.25) is 0 Å². The Bertz CT molecular complexity index is 853. The lowest BCUT2D eigenvalue weighted by atomic mass is 10.1. The first-order valence-electron chi connectivity index (χ1n) is 8.40. The summed E-state index contributed by atoms with van der Waals surface area (Å²) in [5.74, 6) is -3.22. The summed E-state index contributed by atoms with van der Waals surface area (Å²) in [6.45, 7) is 1.17. The van der Waals surface area contributed by atoms with Crippen LogP contribution in [-0.4, -0.2) is 31.1 Å². The van der Waals surface area contributed by atoms with E-state index in [4.69, 9.17) is 16.3 Å². The number of hydrogen-bond acceptors (Lipinski definition) is 3. The summed E-state index contributed by atoms with van der Waals surface area (Å²) in [6.07, 6.45) is 1.97. The number of ether oxygens (including phenoxy) is 1. The van der Waals surface area contributed by atoms with Crippen LogP contribution in [0.3, 0.4) is 0 Å². The van der Waals surface area contributed by atoms with E-state index in [9.17, 15) is 18.4 Å². The highest BCUT2D eigenvalue weighted by atomic mass is 35.5. The Hall–Kier alpha value is -2.51. The molecule has 1 fully saturated rings. The van der Waals surface area contributed by atoms with Crippen LogP contribution >= 0.6 is 11.6 Å². The zero-order valence-corrected chi connectivity index (χ0v) is 15.0. The number of halogens is 3. The molecule has 8 heteroatoms. The molecule has 1 aliphatic heterocycles. The van der Waals surface area contributed by atoms with Crippen LogP contribution in [0.2, 0.25) is 5.02 Å². The van der Waals surface area contributed by atoms with Crippen LogP contribution in [0.1, 0.15) is 33.6 Å². The van der Waals surface area contributed by atoms with Gasteiger partial charge in [-0.15, -0.1) is 0 Å². The first-order chi connectivity index (χ1) is 12.9. The van der Waals surface area contributed by atoms with Crippen molar-refractivity contribution in [2.24, 2.45) is 0 Å². The van der Waals surface area contributed by atoms with Crippen LogP contribution in [0.15, 0.2) is 36.4 Å². The third-order valence-corrected chi connectivity index (χ3v) is 4.49. The Morgan fingerprint density at radius 1 is 1.11 bits per heavy atom. The molecule has 0 aromatic heterocycles. The molecule has 2 aromatic rings. The highest BCUT2D eigenvalue weighted by molar-refractivity contribution is 6.34. The van der Waals surface area contributed by atoms with Crippen molar-refractivity contribution in [3.63, 3.8) is 0 Å². The number of nitrogens with one attached hydrogen (secondary N) is 2. The van der Waals surface area contributed by atoms with Crippen LogP contribution in [0.5, 0.6) is 0 Å². The lowest BCUT2D eigenvalue weighted by molar-refractivity contribution is 0.0857. The monoisotopic (exact) mass is 394 g/mol. The summed E-state index contributed by atoms with van der Waals surface area (Å²) >= 11 is 5.79. The van der Waals surface area contributed by atoms with Gasteiger partial charge in [-0.25, -0.2) is 8.78 Å². The summed E-state index contributed by atoms with van der Waals surface area (Å²) < 4.78 is 31.9. The number of amides is 2. The summed E-state index contributed by atoms with van der Waals surface area (Å²) in [4.78, 5) is 24.3. The molecule has 0 aliphatic carbocycles. The second kappa shape index (κ2) is 8.45. The zero-order valence-electron chi connectivity index (χ0n) is 14.2. The molecular formula is C19H17ClF2N2O3. The summed E-state index contributed by atoms with van der Waals surface area (Å²) in [6, 6.07) is 7.65. The molecule has 0 spiro atoms. The number of carbonyl (C=O) groups excluding carboxylic acids is 2. The second-order valence-corrected chi connectivity index (χ2v) is 6.53. The molecule has 2 aromatic carbocycles. The number of carbonyl (C=O) groups is 2. The van der Waals surface area contributed by atoms with E-state index in [1.807, 2.05) is 0 Å². The Kier molecular flexibility index (Phi) is 6.03. The van der Waals surface area contributed by atoms with Gasteiger partial charge in [0.1, 0.15) is 0 Å². The highest BCUT2D eigenvalue weighted by Crippen LogP contribution is 2.21. The fraction of sp³-hybridized carbons (Fsp3) is 0.263. The molecule has 0 radical (unpaired) electrons. The van der Waals surface area contributed by atoms with Gasteiger partial charge in [-0.3, -0.25) is 9.59 Å². The summed E-state index contributed by atoms with van der Waals surface area (Å²) in [7, 11) is 0. The molecule has 142 valence electrons. The third-order valence-electron chi connectivity index (χ3n) is 4.17. The van der Waals surface area contributed by atoms with Gasteiger partial charge in [0.25, 0.3) is 11.8 Å². The van der Waals surface area contributed by atoms with Gasteiger partial charge in [0, 0.05) is 24.4 Å². The Labute approximate surface area is 159 Å². The van der Waals surface area contributed by atoms with Gasteiger partial charge in [-0.2, -0.15) is 0 Å². The maximum absolute atomic E-state index is 13.3. The number of benzene rings is 2. The lowest BCUT2D eigenvalue weighted by Gasteiger charge is -2.11. The maximum Gasteiger partial charge on any atom is 0.257 e. The van der Waals surface area contributed by atoms with Crippen molar-refractivity contribution < 1.29 is 23.1 Å². The maximum atomic E-state index is 13.3. The molecule has 0 unspecified atom stereocenters. The average molecular weight is 395 g/mol. The van der Waals surface area contributed by atoms with E-state index < -0.39 is 17.5 Å². The number of anilines is 1. The van der Waals surface area contributed by atoms with Gasteiger partial charge < -0.3 is 15.4 Å². The van der Waals surface area contributed by atoms with Crippen LogP contribution in [0, 0.1) is 11.6 Å². The molecule has 0 saturated carbocycles. The molecule has 1 atom stereocenters. The minimum absolute atomic E-state index is 0.0494. The van der Waals surface area contributed by atoms with Crippen LogP contribution in [0.25, 0.3) is 0 Å². The van der Waals surface area contributed by atoms with Crippen molar-refractivity contribution in [1.82, 2.24) is 5.32 Å². The van der Waals surface area contributed by atoms with Gasteiger partial charge in [0.05, 0.1) is 16.7 Å². The first kappa shape index (κ1) is 19.3. The number of hydrogen-bond donors (Lipinski definition) is 2. The van der Waals surface area contributed by atoms with E-state index in [1.165, 1.54) is 12.1 Å². The van der Waals surface area contributed by atoms with Crippen molar-refractivity contribution in [3.05, 3.63) is 64.2 Å². The molecular weight excluding hydrogens is 378 g/mol. The fourth-order valence-corrected chi connectivity index (χ4v) is 2.95. The number of rotatable bonds is 5. The Morgan fingerprint density at radius 2 is 1.81 bits per heavy atom. The Balaban J connectivity index is 1.60. The van der Waals surface area contributed by atoms with Gasteiger partial charge in [-0.05, 0) is 49.2 Å². The highest BCUT2D eigenvalue weighted by Gasteiger charge is 2.17. The van der Waals surface area contributed by atoms with E-state index in [2.05, 4.69) is 10.6 Å². The second-order valence-electron chi connectivity index (χ2n) is 6.12. The average Bonchev–Trinajstić information content (AvgIpc) is 3.17. The van der Waals surface area contributed by atoms with Gasteiger partial charge in [0.15, 0.2) is 11.6 Å². The zero-order chi connectivity index (χ0) is 19.4. The molecule has 1 heterocycles. The van der Waals surface area contributed by atoms with E-state index in [-0.39, 0.29) is 22.6 Å². The quantitative estimate of drug-likeness (QED) is 0.758. The normalized spacial score (nSPS) is 16.2. The molecule has 27 heavy (non-hydrogen) atoms. The van der Waals surface area contributed by atoms with E-state index in [1.54, 1.807) is 12.1 Å². The van der Waals surface area contributed by atoms with E-state index >= 15 is 0 Å². The van der Waals surface area contributed by atoms with Crippen molar-refractivity contribution in [1.29, 1.82) is 0 Å². The molecule has 5 nitrogen and oxygen atoms in total. The predicted molar refractivity (Wildman–Crippen MR) is 97.1 cm³/mol. The molecule has 1 aliphatic rings. The molecule has 2 N–H and O–H groups in total. The first-order valence-corrected chi connectivity index (χ1v) is 8.77. The van der Waals surface area contributed by atoms with Crippen LogP contribution in [0.4, 0.5) is 14.5 Å². The van der Waals surface area contributed by atoms with Gasteiger partial charge in [-0.1, -0.05) is 11.6 Å². The van der Waals surface area contributed by atoms with Crippen molar-refractivity contribution in [2.75, 3.05) is 18.5 Å². The predicted octanol–water partition coefficient (Wildman–Crippen LogP) is 3.78. The van der Waals surface area contributed by atoms with Gasteiger partial charge >= 0.3 is 0 Å². The molecule has 0 bridgehead atoms. The van der Waals surface area contributed by atoms with Crippen molar-refractivity contribution in [3.8, 4) is 0 Å². The SMILES string of the molecule is O=C(NC[C@@H]1CCCO1)c1ccc(NC(=O)c2cc(F)c(F)cc2Cl)cc1. The largest absolute Gasteiger partial charge is 0.376 e. The van der Waals surface area contributed by atoms with Crippen molar-refractivity contribution in [2.45, 2.75) is 18.9 Å². The Morgan fingerprint density at radius 3 is 2.48 bits per heavy atom. The fourth-order valence-electron chi connectivity index (χ4n) is 2.71. The van der Waals surface area contributed by atoms with Crippen LogP contribution in [-0.2, 0) is 4.74 Å². The molecule has 3 rings (SSSR count). The third kappa shape index (κ3) is 4.81. The topological polar surface area (TPSA) is 67.4 Å². The van der Waals surface area contributed by atoms with E-state index in [0.29, 0.717) is 17.8 Å². The summed E-state index contributed by atoms with van der Waals surface area (Å²) in [5, 5.41) is 5.13. The minimum Gasteiger partial charge on any atom is -0.376 e. The standard InChI is InChI=1S/C19H17ClF2N2O3/c20-15-9-17(22)16(21)8-14(15)19(26)24-12-5-3-11(4-6-12)18(25)23-10-13-2-1-7-27-13/h3-6,8-9,13H,1-2,7,10H2,(H,23,25)(H,24,26)/t13-/m0/s1. The van der Waals surface area contributed by atoms with Crippen LogP contribution < -0.4 is 10.6 Å². The van der Waals surface area contributed by atoms with Crippen molar-refractivity contribution >= 4 is 29.1 Å². The molecule has 2 amide bonds. The molecule has 1 saturated heterocycles. The van der Waals surface area contributed by atoms with E-state index in [0.717, 1.165) is 31.6 Å².